The van der Waals surface area contributed by atoms with Gasteiger partial charge in [0.2, 0.25) is 0 Å². The number of rotatable bonds is 5. The first kappa shape index (κ1) is 16.9. The van der Waals surface area contributed by atoms with E-state index in [2.05, 4.69) is 20.4 Å². The van der Waals surface area contributed by atoms with Crippen molar-refractivity contribution in [1.82, 2.24) is 4.90 Å². The average Bonchev–Trinajstić information content (AvgIpc) is 2.47. The van der Waals surface area contributed by atoms with Crippen LogP contribution in [0.2, 0.25) is 5.02 Å². The first-order chi connectivity index (χ1) is 10.4. The molecule has 1 aromatic rings. The van der Waals surface area contributed by atoms with Gasteiger partial charge in [-0.05, 0) is 30.5 Å². The van der Waals surface area contributed by atoms with Gasteiger partial charge in [-0.25, -0.2) is 4.79 Å². The summed E-state index contributed by atoms with van der Waals surface area (Å²) in [6, 6.07) is 7.57. The first-order valence-corrected chi connectivity index (χ1v) is 8.13. The summed E-state index contributed by atoms with van der Waals surface area (Å²) in [5.41, 5.74) is 0.636. The zero-order chi connectivity index (χ0) is 16.3. The minimum Gasteiger partial charge on any atom is -0.442 e. The number of halogens is 1. The number of ether oxygens (including phenoxy) is 1. The summed E-state index contributed by atoms with van der Waals surface area (Å²) >= 11 is 5.92. The molecule has 0 saturated carbocycles. The van der Waals surface area contributed by atoms with Crippen LogP contribution in [0.15, 0.2) is 36.9 Å². The van der Waals surface area contributed by atoms with Crippen molar-refractivity contribution in [3.05, 3.63) is 47.5 Å². The Morgan fingerprint density at radius 3 is 2.50 bits per heavy atom. The fourth-order valence-corrected chi connectivity index (χ4v) is 3.11. The second-order valence-electron chi connectivity index (χ2n) is 6.25. The molecule has 2 rings (SSSR count). The first-order valence-electron chi connectivity index (χ1n) is 7.75. The Morgan fingerprint density at radius 1 is 1.36 bits per heavy atom. The highest BCUT2D eigenvalue weighted by atomic mass is 35.5. The third-order valence-electron chi connectivity index (χ3n) is 4.66. The Morgan fingerprint density at radius 2 is 2.00 bits per heavy atom. The molecule has 1 aliphatic heterocycles. The highest BCUT2D eigenvalue weighted by Gasteiger charge is 2.43. The highest BCUT2D eigenvalue weighted by molar-refractivity contribution is 6.30. The number of cyclic esters (lactones) is 1. The van der Waals surface area contributed by atoms with Crippen LogP contribution in [0.5, 0.6) is 0 Å². The number of amides is 1. The van der Waals surface area contributed by atoms with Crippen LogP contribution in [-0.4, -0.2) is 23.1 Å². The van der Waals surface area contributed by atoms with E-state index in [1.165, 1.54) is 0 Å². The maximum Gasteiger partial charge on any atom is 0.410 e. The second kappa shape index (κ2) is 6.74. The summed E-state index contributed by atoms with van der Waals surface area (Å²) in [4.78, 5) is 14.3. The number of hydrogen-bond donors (Lipinski definition) is 0. The molecule has 0 spiro atoms. The Kier molecular flexibility index (Phi) is 5.17. The van der Waals surface area contributed by atoms with Gasteiger partial charge in [0.25, 0.3) is 0 Å². The number of carbonyl (C=O) groups excluding carboxylic acids is 1. The molecule has 1 heterocycles. The largest absolute Gasteiger partial charge is 0.442 e. The van der Waals surface area contributed by atoms with Gasteiger partial charge in [0, 0.05) is 24.4 Å². The van der Waals surface area contributed by atoms with Gasteiger partial charge in [0.1, 0.15) is 5.60 Å². The van der Waals surface area contributed by atoms with Crippen molar-refractivity contribution < 1.29 is 9.53 Å². The molecule has 0 aromatic heterocycles. The standard InChI is InChI=1S/C18H24ClNO2/c1-5-10-18(13(2)3)11-12-20(17(21)22-18)14(4)15-6-8-16(19)9-7-15/h5-9,13-14H,1,10-12H2,2-4H3. The summed E-state index contributed by atoms with van der Waals surface area (Å²) in [5, 5.41) is 0.696. The van der Waals surface area contributed by atoms with Crippen LogP contribution in [0.4, 0.5) is 4.79 Å². The lowest BCUT2D eigenvalue weighted by Crippen LogP contribution is -2.52. The monoisotopic (exact) mass is 321 g/mol. The quantitative estimate of drug-likeness (QED) is 0.696. The van der Waals surface area contributed by atoms with Crippen molar-refractivity contribution in [3.63, 3.8) is 0 Å². The molecule has 1 aliphatic rings. The molecule has 4 heteroatoms. The van der Waals surface area contributed by atoms with Crippen molar-refractivity contribution in [3.8, 4) is 0 Å². The van der Waals surface area contributed by atoms with E-state index in [1.54, 1.807) is 4.90 Å². The Bertz CT molecular complexity index is 541. The molecule has 1 amide bonds. The second-order valence-corrected chi connectivity index (χ2v) is 6.69. The molecule has 2 atom stereocenters. The molecule has 22 heavy (non-hydrogen) atoms. The summed E-state index contributed by atoms with van der Waals surface area (Å²) in [7, 11) is 0. The molecule has 0 radical (unpaired) electrons. The summed E-state index contributed by atoms with van der Waals surface area (Å²) in [6.07, 6.45) is 3.11. The van der Waals surface area contributed by atoms with Gasteiger partial charge in [0.15, 0.2) is 0 Å². The van der Waals surface area contributed by atoms with E-state index in [0.717, 1.165) is 12.0 Å². The van der Waals surface area contributed by atoms with Gasteiger partial charge in [-0.3, -0.25) is 0 Å². The lowest BCUT2D eigenvalue weighted by atomic mass is 9.82. The minimum absolute atomic E-state index is 0.0290. The lowest BCUT2D eigenvalue weighted by molar-refractivity contribution is -0.0805. The van der Waals surface area contributed by atoms with Crippen LogP contribution in [0, 0.1) is 5.92 Å². The molecule has 2 unspecified atom stereocenters. The Labute approximate surface area is 137 Å². The van der Waals surface area contributed by atoms with Crippen LogP contribution in [0.25, 0.3) is 0 Å². The fraction of sp³-hybridized carbons (Fsp3) is 0.500. The molecule has 3 nitrogen and oxygen atoms in total. The third kappa shape index (κ3) is 3.30. The molecular weight excluding hydrogens is 298 g/mol. The smallest absolute Gasteiger partial charge is 0.410 e. The van der Waals surface area contributed by atoms with Gasteiger partial charge in [0.05, 0.1) is 6.04 Å². The van der Waals surface area contributed by atoms with Gasteiger partial charge in [-0.1, -0.05) is 43.7 Å². The van der Waals surface area contributed by atoms with Crippen molar-refractivity contribution in [2.24, 2.45) is 5.92 Å². The van der Waals surface area contributed by atoms with E-state index in [-0.39, 0.29) is 18.1 Å². The van der Waals surface area contributed by atoms with Crippen molar-refractivity contribution in [2.45, 2.75) is 45.3 Å². The number of nitrogens with zero attached hydrogens (tertiary/aromatic N) is 1. The number of carbonyl (C=O) groups is 1. The normalized spacial score (nSPS) is 23.3. The summed E-state index contributed by atoms with van der Waals surface area (Å²) in [5.74, 6) is 0.266. The van der Waals surface area contributed by atoms with Crippen molar-refractivity contribution >= 4 is 17.7 Å². The summed E-state index contributed by atoms with van der Waals surface area (Å²) < 4.78 is 5.84. The SMILES string of the molecule is C=CCC1(C(C)C)CCN(C(C)c2ccc(Cl)cc2)C(=O)O1. The fourth-order valence-electron chi connectivity index (χ4n) is 2.99. The lowest BCUT2D eigenvalue weighted by Gasteiger charge is -2.45. The van der Waals surface area contributed by atoms with Crippen LogP contribution in [-0.2, 0) is 4.74 Å². The topological polar surface area (TPSA) is 29.5 Å². The maximum absolute atomic E-state index is 12.5. The zero-order valence-electron chi connectivity index (χ0n) is 13.5. The van der Waals surface area contributed by atoms with E-state index in [0.29, 0.717) is 18.0 Å². The Balaban J connectivity index is 2.14. The molecule has 0 bridgehead atoms. The summed E-state index contributed by atoms with van der Waals surface area (Å²) in [6.45, 7) is 10.7. The number of hydrogen-bond acceptors (Lipinski definition) is 2. The van der Waals surface area contributed by atoms with E-state index in [4.69, 9.17) is 16.3 Å². The highest BCUT2D eigenvalue weighted by Crippen LogP contribution is 2.37. The maximum atomic E-state index is 12.5. The van der Waals surface area contributed by atoms with Crippen LogP contribution < -0.4 is 0 Å². The van der Waals surface area contributed by atoms with Gasteiger partial charge in [-0.2, -0.15) is 0 Å². The average molecular weight is 322 g/mol. The molecular formula is C18H24ClNO2. The molecule has 120 valence electrons. The predicted octanol–water partition coefficient (Wildman–Crippen LogP) is 5.21. The van der Waals surface area contributed by atoms with E-state index in [1.807, 2.05) is 37.3 Å². The van der Waals surface area contributed by atoms with E-state index >= 15 is 0 Å². The van der Waals surface area contributed by atoms with Crippen LogP contribution in [0.3, 0.4) is 0 Å². The minimum atomic E-state index is -0.422. The van der Waals surface area contributed by atoms with Gasteiger partial charge in [-0.15, -0.1) is 6.58 Å². The van der Waals surface area contributed by atoms with E-state index in [9.17, 15) is 4.79 Å². The van der Waals surface area contributed by atoms with Crippen LogP contribution >= 0.6 is 11.6 Å². The Hall–Kier alpha value is -1.48. The van der Waals surface area contributed by atoms with Gasteiger partial charge < -0.3 is 9.64 Å². The van der Waals surface area contributed by atoms with Crippen molar-refractivity contribution in [1.29, 1.82) is 0 Å². The molecule has 0 N–H and O–H groups in total. The van der Waals surface area contributed by atoms with Crippen LogP contribution in [0.1, 0.15) is 45.2 Å². The zero-order valence-corrected chi connectivity index (χ0v) is 14.3. The molecule has 1 aromatic carbocycles. The number of benzene rings is 1. The molecule has 0 aliphatic carbocycles. The third-order valence-corrected chi connectivity index (χ3v) is 4.91. The molecule has 1 saturated heterocycles. The van der Waals surface area contributed by atoms with Crippen molar-refractivity contribution in [2.75, 3.05) is 6.54 Å². The van der Waals surface area contributed by atoms with Gasteiger partial charge >= 0.3 is 6.09 Å². The predicted molar refractivity (Wildman–Crippen MR) is 90.1 cm³/mol. The van der Waals surface area contributed by atoms with E-state index < -0.39 is 5.60 Å². The molecule has 1 fully saturated rings.